The lowest BCUT2D eigenvalue weighted by molar-refractivity contribution is 0.513. The smallest absolute Gasteiger partial charge is 0.146 e. The van der Waals surface area contributed by atoms with Crippen molar-refractivity contribution in [1.82, 2.24) is 9.78 Å². The molecule has 3 aromatic carbocycles. The number of ether oxygens (including phenoxy) is 1. The van der Waals surface area contributed by atoms with E-state index in [1.165, 1.54) is 5.56 Å². The van der Waals surface area contributed by atoms with Gasteiger partial charge in [-0.15, -0.1) is 0 Å². The van der Waals surface area contributed by atoms with Gasteiger partial charge >= 0.3 is 0 Å². The monoisotopic (exact) mass is 398 g/mol. The molecule has 0 N–H and O–H groups in total. The van der Waals surface area contributed by atoms with Crippen molar-refractivity contribution in [1.29, 1.82) is 0 Å². The third-order valence-electron chi connectivity index (χ3n) is 5.11. The van der Waals surface area contributed by atoms with Gasteiger partial charge in [0, 0.05) is 29.4 Å². The molecule has 4 aromatic rings. The van der Waals surface area contributed by atoms with Crippen molar-refractivity contribution in [3.63, 3.8) is 0 Å². The molecule has 1 aliphatic rings. The van der Waals surface area contributed by atoms with E-state index in [0.717, 1.165) is 45.0 Å². The van der Waals surface area contributed by atoms with Gasteiger partial charge in [-0.2, -0.15) is 5.10 Å². The molecule has 0 bridgehead atoms. The molecule has 3 nitrogen and oxygen atoms in total. The number of benzene rings is 3. The third-order valence-corrected chi connectivity index (χ3v) is 5.34. The van der Waals surface area contributed by atoms with Gasteiger partial charge in [0.15, 0.2) is 0 Å². The molecule has 0 spiro atoms. The van der Waals surface area contributed by atoms with Gasteiger partial charge in [-0.1, -0.05) is 65.7 Å². The Bertz CT molecular complexity index is 1250. The summed E-state index contributed by atoms with van der Waals surface area (Å²) in [6.45, 7) is 2.09. The predicted octanol–water partition coefficient (Wildman–Crippen LogP) is 6.36. The third kappa shape index (κ3) is 3.14. The van der Waals surface area contributed by atoms with Gasteiger partial charge in [0.1, 0.15) is 17.2 Å². The molecule has 0 saturated heterocycles. The summed E-state index contributed by atoms with van der Waals surface area (Å²) in [6, 6.07) is 24.4. The number of rotatable bonds is 2. The molecule has 1 aromatic heterocycles. The Hall–Kier alpha value is -3.30. The van der Waals surface area contributed by atoms with Crippen LogP contribution >= 0.6 is 11.6 Å². The molecule has 0 fully saturated rings. The summed E-state index contributed by atoms with van der Waals surface area (Å²) in [5, 5.41) is 5.41. The standard InChI is InChI=1S/C25H19ClN2O/c1-16-10-12-17(13-11-16)23(18-6-5-7-19(26)14-18)25-21-15-28(2)27-24(21)20-8-3-4-9-22(20)29-25/h3-15H,1-2H3/b25-23+. The van der Waals surface area contributed by atoms with Gasteiger partial charge < -0.3 is 4.74 Å². The Morgan fingerprint density at radius 3 is 2.48 bits per heavy atom. The highest BCUT2D eigenvalue weighted by Gasteiger charge is 2.28. The normalized spacial score (nSPS) is 14.0. The van der Waals surface area contributed by atoms with Gasteiger partial charge in [0.25, 0.3) is 0 Å². The van der Waals surface area contributed by atoms with Crippen LogP contribution in [0.1, 0.15) is 22.3 Å². The van der Waals surface area contributed by atoms with Crippen LogP contribution in [0.15, 0.2) is 79.0 Å². The van der Waals surface area contributed by atoms with E-state index in [0.29, 0.717) is 5.02 Å². The van der Waals surface area contributed by atoms with Crippen LogP contribution < -0.4 is 4.74 Å². The van der Waals surface area contributed by atoms with Crippen molar-refractivity contribution in [2.45, 2.75) is 6.92 Å². The minimum atomic E-state index is 0.690. The summed E-state index contributed by atoms with van der Waals surface area (Å²) in [5.74, 6) is 1.60. The maximum absolute atomic E-state index is 6.50. The van der Waals surface area contributed by atoms with Crippen LogP contribution in [0.25, 0.3) is 22.6 Å². The first kappa shape index (κ1) is 17.8. The van der Waals surface area contributed by atoms with Crippen molar-refractivity contribution in [3.8, 4) is 17.0 Å². The van der Waals surface area contributed by atoms with E-state index in [2.05, 4.69) is 37.3 Å². The molecule has 5 rings (SSSR count). The van der Waals surface area contributed by atoms with E-state index in [1.807, 2.05) is 60.4 Å². The van der Waals surface area contributed by atoms with Gasteiger partial charge in [0.2, 0.25) is 0 Å². The summed E-state index contributed by atoms with van der Waals surface area (Å²) >= 11 is 6.35. The number of hydrogen-bond acceptors (Lipinski definition) is 2. The zero-order valence-electron chi connectivity index (χ0n) is 16.2. The first-order chi connectivity index (χ1) is 14.1. The van der Waals surface area contributed by atoms with Crippen LogP contribution in [0.5, 0.6) is 5.75 Å². The number of aryl methyl sites for hydroxylation is 2. The van der Waals surface area contributed by atoms with Gasteiger partial charge in [-0.25, -0.2) is 0 Å². The summed E-state index contributed by atoms with van der Waals surface area (Å²) < 4.78 is 8.33. The van der Waals surface area contributed by atoms with E-state index in [1.54, 1.807) is 0 Å². The van der Waals surface area contributed by atoms with Crippen molar-refractivity contribution < 1.29 is 4.74 Å². The minimum Gasteiger partial charge on any atom is -0.455 e. The number of hydrogen-bond donors (Lipinski definition) is 0. The van der Waals surface area contributed by atoms with E-state index in [-0.39, 0.29) is 0 Å². The summed E-state index contributed by atoms with van der Waals surface area (Å²) in [6.07, 6.45) is 2.01. The lowest BCUT2D eigenvalue weighted by Gasteiger charge is -2.23. The van der Waals surface area contributed by atoms with Crippen LogP contribution in [-0.4, -0.2) is 9.78 Å². The second-order valence-electron chi connectivity index (χ2n) is 7.24. The maximum Gasteiger partial charge on any atom is 0.146 e. The Kier molecular flexibility index (Phi) is 4.26. The fourth-order valence-corrected chi connectivity index (χ4v) is 3.94. The number of nitrogens with zero attached hydrogens (tertiary/aromatic N) is 2. The SMILES string of the molecule is Cc1ccc(/C(=C2\Oc3ccccc3-c3nn(C)cc32)c2cccc(Cl)c2)cc1. The topological polar surface area (TPSA) is 27.1 Å². The lowest BCUT2D eigenvalue weighted by Crippen LogP contribution is -2.07. The molecule has 0 atom stereocenters. The van der Waals surface area contributed by atoms with E-state index in [9.17, 15) is 0 Å². The van der Waals surface area contributed by atoms with Crippen LogP contribution in [0.3, 0.4) is 0 Å². The van der Waals surface area contributed by atoms with Crippen molar-refractivity contribution in [2.24, 2.45) is 7.05 Å². The fraction of sp³-hybridized carbons (Fsp3) is 0.0800. The van der Waals surface area contributed by atoms with Gasteiger partial charge in [0.05, 0.1) is 5.56 Å². The van der Waals surface area contributed by atoms with Crippen molar-refractivity contribution in [2.75, 3.05) is 0 Å². The number of fused-ring (bicyclic) bond motifs is 3. The van der Waals surface area contributed by atoms with E-state index < -0.39 is 0 Å². The number of para-hydroxylation sites is 1. The largest absolute Gasteiger partial charge is 0.455 e. The Morgan fingerprint density at radius 2 is 1.69 bits per heavy atom. The van der Waals surface area contributed by atoms with Crippen LogP contribution in [0.2, 0.25) is 5.02 Å². The number of halogens is 1. The lowest BCUT2D eigenvalue weighted by atomic mass is 9.91. The van der Waals surface area contributed by atoms with Gasteiger partial charge in [-0.3, -0.25) is 4.68 Å². The Labute approximate surface area is 174 Å². The average molecular weight is 399 g/mol. The van der Waals surface area contributed by atoms with Crippen LogP contribution in [0, 0.1) is 6.92 Å². The molecule has 1 aliphatic heterocycles. The predicted molar refractivity (Wildman–Crippen MR) is 118 cm³/mol. The summed E-state index contributed by atoms with van der Waals surface area (Å²) in [7, 11) is 1.93. The highest BCUT2D eigenvalue weighted by Crippen LogP contribution is 2.45. The second-order valence-corrected chi connectivity index (χ2v) is 7.68. The number of aromatic nitrogens is 2. The van der Waals surface area contributed by atoms with Crippen LogP contribution in [-0.2, 0) is 7.05 Å². The highest BCUT2D eigenvalue weighted by atomic mass is 35.5. The zero-order chi connectivity index (χ0) is 20.0. The first-order valence-corrected chi connectivity index (χ1v) is 9.86. The fourth-order valence-electron chi connectivity index (χ4n) is 3.75. The second kappa shape index (κ2) is 6.94. The molecular weight excluding hydrogens is 380 g/mol. The molecule has 4 heteroatoms. The molecule has 0 amide bonds. The van der Waals surface area contributed by atoms with Crippen LogP contribution in [0.4, 0.5) is 0 Å². The molecule has 2 heterocycles. The first-order valence-electron chi connectivity index (χ1n) is 9.49. The zero-order valence-corrected chi connectivity index (χ0v) is 16.9. The molecule has 0 saturated carbocycles. The Balaban J connectivity index is 1.84. The van der Waals surface area contributed by atoms with E-state index in [4.69, 9.17) is 21.4 Å². The molecular formula is C25H19ClN2O. The molecule has 0 unspecified atom stereocenters. The molecule has 142 valence electrons. The quantitative estimate of drug-likeness (QED) is 0.393. The highest BCUT2D eigenvalue weighted by molar-refractivity contribution is 6.30. The van der Waals surface area contributed by atoms with Gasteiger partial charge in [-0.05, 0) is 42.3 Å². The van der Waals surface area contributed by atoms with E-state index >= 15 is 0 Å². The Morgan fingerprint density at radius 1 is 0.897 bits per heavy atom. The minimum absolute atomic E-state index is 0.690. The van der Waals surface area contributed by atoms with Crippen molar-refractivity contribution in [3.05, 3.63) is 106 Å². The summed E-state index contributed by atoms with van der Waals surface area (Å²) in [5.41, 5.74) is 7.18. The molecule has 0 aliphatic carbocycles. The maximum atomic E-state index is 6.50. The average Bonchev–Trinajstić information content (AvgIpc) is 3.12. The molecule has 0 radical (unpaired) electrons. The molecule has 29 heavy (non-hydrogen) atoms. The summed E-state index contributed by atoms with van der Waals surface area (Å²) in [4.78, 5) is 0. The van der Waals surface area contributed by atoms with Crippen molar-refractivity contribution >= 4 is 22.9 Å².